The van der Waals surface area contributed by atoms with Gasteiger partial charge in [0, 0.05) is 17.8 Å². The minimum absolute atomic E-state index is 0.205. The standard InChI is InChI=1S/C14H11N7/c15-14-18-12(19-20-14)11-4-3-10(8-17-11)21-7-5-9-2-1-6-16-13(9)21/h1-8H,(H3,15,18,19,20). The number of aromatic nitrogens is 6. The zero-order chi connectivity index (χ0) is 14.2. The summed E-state index contributed by atoms with van der Waals surface area (Å²) in [6.07, 6.45) is 5.51. The van der Waals surface area contributed by atoms with Gasteiger partial charge in [0.1, 0.15) is 11.3 Å². The van der Waals surface area contributed by atoms with Gasteiger partial charge in [-0.05, 0) is 30.3 Å². The number of nitrogens with one attached hydrogen (secondary N) is 1. The van der Waals surface area contributed by atoms with Crippen LogP contribution in [0.1, 0.15) is 0 Å². The molecule has 7 heteroatoms. The highest BCUT2D eigenvalue weighted by Crippen LogP contribution is 2.19. The molecule has 0 amide bonds. The van der Waals surface area contributed by atoms with Crippen molar-refractivity contribution in [1.29, 1.82) is 0 Å². The molecule has 3 N–H and O–H groups in total. The molecule has 0 saturated carbocycles. The monoisotopic (exact) mass is 277 g/mol. The van der Waals surface area contributed by atoms with Crippen molar-refractivity contribution in [1.82, 2.24) is 29.7 Å². The minimum Gasteiger partial charge on any atom is -0.366 e. The Morgan fingerprint density at radius 3 is 2.81 bits per heavy atom. The Morgan fingerprint density at radius 2 is 2.05 bits per heavy atom. The largest absolute Gasteiger partial charge is 0.366 e. The molecule has 0 fully saturated rings. The van der Waals surface area contributed by atoms with Crippen molar-refractivity contribution in [3.63, 3.8) is 0 Å². The van der Waals surface area contributed by atoms with Crippen LogP contribution >= 0.6 is 0 Å². The molecule has 21 heavy (non-hydrogen) atoms. The van der Waals surface area contributed by atoms with Crippen molar-refractivity contribution in [2.45, 2.75) is 0 Å². The Labute approximate surface area is 119 Å². The average molecular weight is 277 g/mol. The molecule has 0 radical (unpaired) electrons. The molecule has 0 unspecified atom stereocenters. The van der Waals surface area contributed by atoms with Crippen LogP contribution < -0.4 is 5.73 Å². The van der Waals surface area contributed by atoms with Crippen molar-refractivity contribution in [3.8, 4) is 17.2 Å². The van der Waals surface area contributed by atoms with Crippen molar-refractivity contribution < 1.29 is 0 Å². The van der Waals surface area contributed by atoms with Crippen LogP contribution in [0.15, 0.2) is 48.9 Å². The van der Waals surface area contributed by atoms with Gasteiger partial charge in [-0.3, -0.25) is 14.6 Å². The first-order valence-electron chi connectivity index (χ1n) is 6.38. The van der Waals surface area contributed by atoms with Gasteiger partial charge in [-0.25, -0.2) is 4.98 Å². The van der Waals surface area contributed by atoms with Crippen molar-refractivity contribution in [3.05, 3.63) is 48.9 Å². The van der Waals surface area contributed by atoms with Gasteiger partial charge in [0.25, 0.3) is 0 Å². The van der Waals surface area contributed by atoms with Crippen LogP contribution in [0.5, 0.6) is 0 Å². The molecule has 0 bridgehead atoms. The van der Waals surface area contributed by atoms with Gasteiger partial charge in [-0.15, -0.1) is 5.10 Å². The highest BCUT2D eigenvalue weighted by Gasteiger charge is 2.07. The molecule has 0 spiro atoms. The number of nitrogen functional groups attached to an aromatic ring is 1. The minimum atomic E-state index is 0.205. The highest BCUT2D eigenvalue weighted by atomic mass is 15.3. The van der Waals surface area contributed by atoms with Gasteiger partial charge in [-0.2, -0.15) is 4.98 Å². The Kier molecular flexibility index (Phi) is 2.43. The first-order chi connectivity index (χ1) is 10.3. The zero-order valence-electron chi connectivity index (χ0n) is 10.9. The third kappa shape index (κ3) is 1.91. The SMILES string of the molecule is Nc1n[nH]c(-c2ccc(-n3ccc4cccnc43)cn2)n1. The molecule has 4 aromatic rings. The lowest BCUT2D eigenvalue weighted by Gasteiger charge is -2.04. The molecular formula is C14H11N7. The molecule has 102 valence electrons. The second-order valence-electron chi connectivity index (χ2n) is 4.55. The molecule has 0 aliphatic heterocycles. The van der Waals surface area contributed by atoms with E-state index in [0.29, 0.717) is 11.5 Å². The Morgan fingerprint density at radius 1 is 1.10 bits per heavy atom. The topological polar surface area (TPSA) is 98.3 Å². The van der Waals surface area contributed by atoms with Gasteiger partial charge in [0.15, 0.2) is 5.82 Å². The van der Waals surface area contributed by atoms with Crippen LogP contribution in [0.3, 0.4) is 0 Å². The maximum atomic E-state index is 5.49. The van der Waals surface area contributed by atoms with E-state index in [1.165, 1.54) is 0 Å². The molecule has 4 aromatic heterocycles. The summed E-state index contributed by atoms with van der Waals surface area (Å²) in [5, 5.41) is 7.62. The maximum absolute atomic E-state index is 5.49. The van der Waals surface area contributed by atoms with E-state index in [2.05, 4.69) is 25.1 Å². The van der Waals surface area contributed by atoms with Crippen LogP contribution in [-0.4, -0.2) is 29.7 Å². The number of aromatic amines is 1. The number of H-pyrrole nitrogens is 1. The first kappa shape index (κ1) is 11.6. The van der Waals surface area contributed by atoms with E-state index in [4.69, 9.17) is 5.73 Å². The van der Waals surface area contributed by atoms with Crippen LogP contribution in [0.4, 0.5) is 5.95 Å². The zero-order valence-corrected chi connectivity index (χ0v) is 10.9. The van der Waals surface area contributed by atoms with Crippen LogP contribution in [0.25, 0.3) is 28.2 Å². The number of fused-ring (bicyclic) bond motifs is 1. The van der Waals surface area contributed by atoms with E-state index >= 15 is 0 Å². The number of hydrogen-bond donors (Lipinski definition) is 2. The number of hydrogen-bond acceptors (Lipinski definition) is 5. The summed E-state index contributed by atoms with van der Waals surface area (Å²) in [5.74, 6) is 0.756. The predicted octanol–water partition coefficient (Wildman–Crippen LogP) is 1.79. The van der Waals surface area contributed by atoms with Crippen molar-refractivity contribution in [2.24, 2.45) is 0 Å². The summed E-state index contributed by atoms with van der Waals surface area (Å²) in [5.41, 5.74) is 8.01. The summed E-state index contributed by atoms with van der Waals surface area (Å²) in [6.45, 7) is 0. The molecule has 4 rings (SSSR count). The molecular weight excluding hydrogens is 266 g/mol. The summed E-state index contributed by atoms with van der Waals surface area (Å²) in [7, 11) is 0. The third-order valence-corrected chi connectivity index (χ3v) is 3.22. The lowest BCUT2D eigenvalue weighted by atomic mass is 10.3. The Balaban J connectivity index is 1.76. The smallest absolute Gasteiger partial charge is 0.239 e. The van der Waals surface area contributed by atoms with Crippen molar-refractivity contribution >= 4 is 17.0 Å². The molecule has 0 aliphatic carbocycles. The quantitative estimate of drug-likeness (QED) is 0.582. The van der Waals surface area contributed by atoms with E-state index in [1.807, 2.05) is 41.1 Å². The van der Waals surface area contributed by atoms with Gasteiger partial charge in [-0.1, -0.05) is 0 Å². The number of anilines is 1. The van der Waals surface area contributed by atoms with Crippen LogP contribution in [0, 0.1) is 0 Å². The number of nitrogens with two attached hydrogens (primary N) is 1. The maximum Gasteiger partial charge on any atom is 0.239 e. The van der Waals surface area contributed by atoms with E-state index in [9.17, 15) is 0 Å². The Hall–Kier alpha value is -3.22. The molecule has 0 atom stereocenters. The molecule has 0 aromatic carbocycles. The highest BCUT2D eigenvalue weighted by molar-refractivity contribution is 5.77. The van der Waals surface area contributed by atoms with E-state index in [-0.39, 0.29) is 5.95 Å². The van der Waals surface area contributed by atoms with Crippen LogP contribution in [0.2, 0.25) is 0 Å². The second-order valence-corrected chi connectivity index (χ2v) is 4.55. The number of nitrogens with zero attached hydrogens (tertiary/aromatic N) is 5. The van der Waals surface area contributed by atoms with Gasteiger partial charge >= 0.3 is 0 Å². The van der Waals surface area contributed by atoms with E-state index in [1.54, 1.807) is 12.4 Å². The van der Waals surface area contributed by atoms with E-state index in [0.717, 1.165) is 16.7 Å². The summed E-state index contributed by atoms with van der Waals surface area (Å²) < 4.78 is 1.99. The number of pyridine rings is 2. The summed E-state index contributed by atoms with van der Waals surface area (Å²) in [4.78, 5) is 12.8. The van der Waals surface area contributed by atoms with Gasteiger partial charge in [0.2, 0.25) is 5.95 Å². The molecule has 0 saturated heterocycles. The normalized spacial score (nSPS) is 11.0. The predicted molar refractivity (Wildman–Crippen MR) is 78.7 cm³/mol. The third-order valence-electron chi connectivity index (χ3n) is 3.22. The van der Waals surface area contributed by atoms with Crippen molar-refractivity contribution in [2.75, 3.05) is 5.73 Å². The summed E-state index contributed by atoms with van der Waals surface area (Å²) in [6, 6.07) is 9.78. The summed E-state index contributed by atoms with van der Waals surface area (Å²) >= 11 is 0. The lowest BCUT2D eigenvalue weighted by molar-refractivity contribution is 1.06. The first-order valence-corrected chi connectivity index (χ1v) is 6.38. The van der Waals surface area contributed by atoms with E-state index < -0.39 is 0 Å². The average Bonchev–Trinajstić information content (AvgIpc) is 3.14. The van der Waals surface area contributed by atoms with Crippen LogP contribution in [-0.2, 0) is 0 Å². The molecule has 0 aliphatic rings. The fourth-order valence-corrected chi connectivity index (χ4v) is 2.23. The second kappa shape index (κ2) is 4.41. The number of rotatable bonds is 2. The lowest BCUT2D eigenvalue weighted by Crippen LogP contribution is -1.95. The van der Waals surface area contributed by atoms with Gasteiger partial charge < -0.3 is 5.73 Å². The molecule has 4 heterocycles. The molecule has 7 nitrogen and oxygen atoms in total. The van der Waals surface area contributed by atoms with Gasteiger partial charge in [0.05, 0.1) is 11.9 Å². The fourth-order valence-electron chi connectivity index (χ4n) is 2.23. The Bertz CT molecular complexity index is 904. The fraction of sp³-hybridized carbons (Fsp3) is 0.